The van der Waals surface area contributed by atoms with Gasteiger partial charge in [-0.2, -0.15) is 0 Å². The molecule has 0 spiro atoms. The first-order chi connectivity index (χ1) is 11.6. The quantitative estimate of drug-likeness (QED) is 0.791. The molecular weight excluding hydrogens is 304 g/mol. The van der Waals surface area contributed by atoms with Gasteiger partial charge in [0.15, 0.2) is 0 Å². The molecule has 1 aliphatic heterocycles. The lowest BCUT2D eigenvalue weighted by atomic mass is 10.1. The van der Waals surface area contributed by atoms with Crippen LogP contribution in [0.1, 0.15) is 25.8 Å². The Balaban J connectivity index is 1.66. The molecule has 1 saturated heterocycles. The van der Waals surface area contributed by atoms with Crippen molar-refractivity contribution in [1.82, 2.24) is 10.2 Å². The lowest BCUT2D eigenvalue weighted by Crippen LogP contribution is -2.48. The Hall–Kier alpha value is -1.59. The van der Waals surface area contributed by atoms with Gasteiger partial charge < -0.3 is 14.8 Å². The summed E-state index contributed by atoms with van der Waals surface area (Å²) in [6, 6.07) is 7.85. The third kappa shape index (κ3) is 6.49. The van der Waals surface area contributed by atoms with Crippen molar-refractivity contribution in [1.29, 1.82) is 0 Å². The summed E-state index contributed by atoms with van der Waals surface area (Å²) in [5.41, 5.74) is 1.14. The number of benzene rings is 1. The highest BCUT2D eigenvalue weighted by Crippen LogP contribution is 2.12. The molecule has 134 valence electrons. The lowest BCUT2D eigenvalue weighted by Gasteiger charge is -2.33. The van der Waals surface area contributed by atoms with Crippen LogP contribution in [-0.2, 0) is 16.0 Å². The van der Waals surface area contributed by atoms with Crippen LogP contribution in [0.2, 0.25) is 0 Å². The number of hydrogen-bond acceptors (Lipinski definition) is 4. The zero-order valence-corrected chi connectivity index (χ0v) is 15.1. The maximum absolute atomic E-state index is 12.0. The molecule has 5 nitrogen and oxygen atoms in total. The molecular formula is C19H30N2O3. The van der Waals surface area contributed by atoms with E-state index in [1.165, 1.54) is 0 Å². The largest absolute Gasteiger partial charge is 0.497 e. The number of ether oxygens (including phenoxy) is 2. The molecule has 5 heteroatoms. The fourth-order valence-corrected chi connectivity index (χ4v) is 2.95. The molecule has 0 bridgehead atoms. The molecule has 1 unspecified atom stereocenters. The number of rotatable bonds is 8. The molecule has 0 aliphatic carbocycles. The third-order valence-corrected chi connectivity index (χ3v) is 4.17. The molecule has 1 fully saturated rings. The van der Waals surface area contributed by atoms with Crippen LogP contribution in [0, 0.1) is 5.92 Å². The SMILES string of the molecule is COc1ccc(CCC(=O)NCC2CN(CC(C)C)CCO2)cc1. The number of amides is 1. The van der Waals surface area contributed by atoms with Gasteiger partial charge in [-0.05, 0) is 30.0 Å². The average Bonchev–Trinajstić information content (AvgIpc) is 2.58. The molecule has 0 radical (unpaired) electrons. The minimum atomic E-state index is 0.0791. The van der Waals surface area contributed by atoms with E-state index in [1.807, 2.05) is 24.3 Å². The van der Waals surface area contributed by atoms with Gasteiger partial charge in [-0.25, -0.2) is 0 Å². The normalized spacial score (nSPS) is 18.6. The number of carbonyl (C=O) groups is 1. The van der Waals surface area contributed by atoms with E-state index in [4.69, 9.17) is 9.47 Å². The van der Waals surface area contributed by atoms with Gasteiger partial charge in [0.1, 0.15) is 5.75 Å². The molecule has 0 saturated carbocycles. The van der Waals surface area contributed by atoms with Crippen LogP contribution < -0.4 is 10.1 Å². The molecule has 1 heterocycles. The minimum Gasteiger partial charge on any atom is -0.497 e. The molecule has 2 rings (SSSR count). The lowest BCUT2D eigenvalue weighted by molar-refractivity contribution is -0.122. The third-order valence-electron chi connectivity index (χ3n) is 4.17. The van der Waals surface area contributed by atoms with Crippen LogP contribution in [0.15, 0.2) is 24.3 Å². The fourth-order valence-electron chi connectivity index (χ4n) is 2.95. The highest BCUT2D eigenvalue weighted by molar-refractivity contribution is 5.76. The number of carbonyl (C=O) groups excluding carboxylic acids is 1. The van der Waals surface area contributed by atoms with Crippen LogP contribution in [0.5, 0.6) is 5.75 Å². The molecule has 1 atom stereocenters. The van der Waals surface area contributed by atoms with E-state index in [2.05, 4.69) is 24.1 Å². The summed E-state index contributed by atoms with van der Waals surface area (Å²) in [6.07, 6.45) is 1.33. The predicted octanol–water partition coefficient (Wildman–Crippen LogP) is 2.10. The van der Waals surface area contributed by atoms with Crippen molar-refractivity contribution in [2.45, 2.75) is 32.8 Å². The molecule has 1 aliphatic rings. The second kappa shape index (κ2) is 9.64. The summed E-state index contributed by atoms with van der Waals surface area (Å²) in [5, 5.41) is 3.00. The first-order valence-electron chi connectivity index (χ1n) is 8.80. The summed E-state index contributed by atoms with van der Waals surface area (Å²) in [6.45, 7) is 8.77. The highest BCUT2D eigenvalue weighted by Gasteiger charge is 2.21. The predicted molar refractivity (Wildman–Crippen MR) is 95.3 cm³/mol. The van der Waals surface area contributed by atoms with E-state index >= 15 is 0 Å². The van der Waals surface area contributed by atoms with Crippen LogP contribution in [0.3, 0.4) is 0 Å². The van der Waals surface area contributed by atoms with Crippen LogP contribution in [0.25, 0.3) is 0 Å². The molecule has 1 aromatic carbocycles. The van der Waals surface area contributed by atoms with Crippen molar-refractivity contribution < 1.29 is 14.3 Å². The zero-order valence-electron chi connectivity index (χ0n) is 15.1. The fraction of sp³-hybridized carbons (Fsp3) is 0.632. The van der Waals surface area contributed by atoms with E-state index in [0.717, 1.165) is 44.0 Å². The van der Waals surface area contributed by atoms with Crippen LogP contribution in [-0.4, -0.2) is 56.8 Å². The highest BCUT2D eigenvalue weighted by atomic mass is 16.5. The summed E-state index contributed by atoms with van der Waals surface area (Å²) < 4.78 is 10.9. The average molecular weight is 334 g/mol. The molecule has 1 N–H and O–H groups in total. The number of morpholine rings is 1. The Morgan fingerprint density at radius 2 is 2.12 bits per heavy atom. The van der Waals surface area contributed by atoms with Crippen LogP contribution in [0.4, 0.5) is 0 Å². The Labute approximate surface area is 145 Å². The van der Waals surface area contributed by atoms with Crippen molar-refractivity contribution in [3.8, 4) is 5.75 Å². The van der Waals surface area contributed by atoms with Gasteiger partial charge in [-0.3, -0.25) is 9.69 Å². The molecule has 24 heavy (non-hydrogen) atoms. The summed E-state index contributed by atoms with van der Waals surface area (Å²) in [4.78, 5) is 14.5. The zero-order chi connectivity index (χ0) is 17.4. The Morgan fingerprint density at radius 1 is 1.38 bits per heavy atom. The van der Waals surface area contributed by atoms with Crippen molar-refractivity contribution >= 4 is 5.91 Å². The molecule has 1 amide bonds. The van der Waals surface area contributed by atoms with Gasteiger partial charge in [0, 0.05) is 32.6 Å². The van der Waals surface area contributed by atoms with Gasteiger partial charge in [0.05, 0.1) is 19.8 Å². The van der Waals surface area contributed by atoms with Crippen molar-refractivity contribution in [2.75, 3.05) is 39.9 Å². The summed E-state index contributed by atoms with van der Waals surface area (Å²) in [5.74, 6) is 1.57. The van der Waals surface area contributed by atoms with Gasteiger partial charge in [0.2, 0.25) is 5.91 Å². The van der Waals surface area contributed by atoms with Crippen molar-refractivity contribution in [3.05, 3.63) is 29.8 Å². The first kappa shape index (κ1) is 18.7. The van der Waals surface area contributed by atoms with E-state index in [9.17, 15) is 4.79 Å². The number of aryl methyl sites for hydroxylation is 1. The van der Waals surface area contributed by atoms with E-state index < -0.39 is 0 Å². The number of methoxy groups -OCH3 is 1. The van der Waals surface area contributed by atoms with Gasteiger partial charge in [-0.1, -0.05) is 26.0 Å². The van der Waals surface area contributed by atoms with Gasteiger partial charge in [-0.15, -0.1) is 0 Å². The van der Waals surface area contributed by atoms with Gasteiger partial charge in [0.25, 0.3) is 0 Å². The van der Waals surface area contributed by atoms with E-state index in [-0.39, 0.29) is 12.0 Å². The Bertz CT molecular complexity index is 502. The minimum absolute atomic E-state index is 0.0791. The Kier molecular flexibility index (Phi) is 7.53. The standard InChI is InChI=1S/C19H30N2O3/c1-15(2)13-21-10-11-24-18(14-21)12-20-19(22)9-6-16-4-7-17(23-3)8-5-16/h4-5,7-8,15,18H,6,9-14H2,1-3H3,(H,20,22). The van der Waals surface area contributed by atoms with Gasteiger partial charge >= 0.3 is 0 Å². The number of nitrogens with zero attached hydrogens (tertiary/aromatic N) is 1. The summed E-state index contributed by atoms with van der Waals surface area (Å²) >= 11 is 0. The van der Waals surface area contributed by atoms with Crippen molar-refractivity contribution in [2.24, 2.45) is 5.92 Å². The monoisotopic (exact) mass is 334 g/mol. The summed E-state index contributed by atoms with van der Waals surface area (Å²) in [7, 11) is 1.65. The molecule has 1 aromatic rings. The maximum atomic E-state index is 12.0. The van der Waals surface area contributed by atoms with Crippen molar-refractivity contribution in [3.63, 3.8) is 0 Å². The maximum Gasteiger partial charge on any atom is 0.220 e. The topological polar surface area (TPSA) is 50.8 Å². The Morgan fingerprint density at radius 3 is 2.79 bits per heavy atom. The van der Waals surface area contributed by atoms with E-state index in [0.29, 0.717) is 18.9 Å². The number of hydrogen-bond donors (Lipinski definition) is 1. The molecule has 0 aromatic heterocycles. The second-order valence-corrected chi connectivity index (χ2v) is 6.80. The first-order valence-corrected chi connectivity index (χ1v) is 8.80. The smallest absolute Gasteiger partial charge is 0.220 e. The van der Waals surface area contributed by atoms with Crippen LogP contribution >= 0.6 is 0 Å². The number of nitrogens with one attached hydrogen (secondary N) is 1. The van der Waals surface area contributed by atoms with E-state index in [1.54, 1.807) is 7.11 Å². The second-order valence-electron chi connectivity index (χ2n) is 6.80.